The fourth-order valence-electron chi connectivity index (χ4n) is 3.44. The summed E-state index contributed by atoms with van der Waals surface area (Å²) in [5.41, 5.74) is 2.29. The van der Waals surface area contributed by atoms with Gasteiger partial charge in [-0.05, 0) is 41.8 Å². The highest BCUT2D eigenvalue weighted by Gasteiger charge is 2.25. The minimum Gasteiger partial charge on any atom is -0.493 e. The van der Waals surface area contributed by atoms with Gasteiger partial charge >= 0.3 is 5.97 Å². The molecule has 0 N–H and O–H groups in total. The van der Waals surface area contributed by atoms with Crippen LogP contribution in [0.1, 0.15) is 21.5 Å². The van der Waals surface area contributed by atoms with E-state index in [1.807, 2.05) is 12.1 Å². The number of hydrogen-bond donors (Lipinski definition) is 0. The maximum absolute atomic E-state index is 12.6. The molecule has 0 spiro atoms. The van der Waals surface area contributed by atoms with Crippen LogP contribution in [0.5, 0.6) is 23.0 Å². The number of nitrogens with zero attached hydrogens (tertiary/aromatic N) is 1. The number of ether oxygens (including phenoxy) is 5. The van der Waals surface area contributed by atoms with Crippen molar-refractivity contribution in [1.29, 1.82) is 0 Å². The fourth-order valence-corrected chi connectivity index (χ4v) is 3.44. The Bertz CT molecular complexity index is 941. The van der Waals surface area contributed by atoms with Crippen LogP contribution in [0.3, 0.4) is 0 Å². The lowest BCUT2D eigenvalue weighted by Gasteiger charge is -2.29. The summed E-state index contributed by atoms with van der Waals surface area (Å²) in [5.74, 6) is 1.04. The molecule has 1 amide bonds. The Morgan fingerprint density at radius 3 is 2.20 bits per heavy atom. The lowest BCUT2D eigenvalue weighted by Crippen LogP contribution is -2.38. The molecular weight excluding hydrogens is 390 g/mol. The molecule has 0 saturated carbocycles. The summed E-state index contributed by atoms with van der Waals surface area (Å²) in [6.45, 7) is 0.581. The summed E-state index contributed by atoms with van der Waals surface area (Å²) in [6.07, 6.45) is 0.680. The first-order valence-corrected chi connectivity index (χ1v) is 9.42. The first-order valence-electron chi connectivity index (χ1n) is 9.42. The van der Waals surface area contributed by atoms with Gasteiger partial charge in [-0.25, -0.2) is 4.79 Å². The third-order valence-corrected chi connectivity index (χ3v) is 5.02. The van der Waals surface area contributed by atoms with Gasteiger partial charge in [-0.15, -0.1) is 0 Å². The van der Waals surface area contributed by atoms with E-state index < -0.39 is 5.97 Å². The standard InChI is InChI=1S/C22H25NO7/c1-26-17-7-5-6-16(21(17)29-4)22(25)30-13-20(24)23-9-8-14-10-18(27-2)19(28-3)11-15(14)12-23/h5-7,10-11H,8-9,12-13H2,1-4H3. The molecule has 3 rings (SSSR count). The van der Waals surface area contributed by atoms with E-state index in [2.05, 4.69) is 0 Å². The second-order valence-corrected chi connectivity index (χ2v) is 6.66. The smallest absolute Gasteiger partial charge is 0.342 e. The molecule has 0 bridgehead atoms. The number of rotatable bonds is 7. The molecule has 160 valence electrons. The Hall–Kier alpha value is -3.42. The molecule has 0 saturated heterocycles. The molecule has 1 aliphatic heterocycles. The maximum Gasteiger partial charge on any atom is 0.342 e. The van der Waals surface area contributed by atoms with E-state index in [4.69, 9.17) is 23.7 Å². The maximum atomic E-state index is 12.6. The lowest BCUT2D eigenvalue weighted by molar-refractivity contribution is -0.135. The van der Waals surface area contributed by atoms with Crippen LogP contribution in [0.25, 0.3) is 0 Å². The number of fused-ring (bicyclic) bond motifs is 1. The Kier molecular flexibility index (Phi) is 6.66. The highest BCUT2D eigenvalue weighted by Crippen LogP contribution is 2.33. The van der Waals surface area contributed by atoms with Crippen LogP contribution in [0.15, 0.2) is 30.3 Å². The van der Waals surface area contributed by atoms with E-state index in [0.29, 0.717) is 36.8 Å². The first kappa shape index (κ1) is 21.3. The molecule has 30 heavy (non-hydrogen) atoms. The molecule has 2 aromatic rings. The van der Waals surface area contributed by atoms with Crippen molar-refractivity contribution in [3.63, 3.8) is 0 Å². The number of carbonyl (C=O) groups excluding carboxylic acids is 2. The zero-order valence-corrected chi connectivity index (χ0v) is 17.5. The molecule has 8 nitrogen and oxygen atoms in total. The number of amides is 1. The zero-order chi connectivity index (χ0) is 21.7. The van der Waals surface area contributed by atoms with Crippen LogP contribution in [0.2, 0.25) is 0 Å². The van der Waals surface area contributed by atoms with E-state index in [9.17, 15) is 9.59 Å². The molecule has 0 unspecified atom stereocenters. The Balaban J connectivity index is 1.66. The van der Waals surface area contributed by atoms with Crippen LogP contribution in [-0.4, -0.2) is 58.4 Å². The summed E-state index contributed by atoms with van der Waals surface area (Å²) >= 11 is 0. The fraction of sp³-hybridized carbons (Fsp3) is 0.364. The molecule has 0 aromatic heterocycles. The van der Waals surface area contributed by atoms with Gasteiger partial charge in [0.25, 0.3) is 5.91 Å². The highest BCUT2D eigenvalue weighted by molar-refractivity contribution is 5.95. The minimum atomic E-state index is -0.650. The summed E-state index contributed by atoms with van der Waals surface area (Å²) in [7, 11) is 6.08. The van der Waals surface area contributed by atoms with E-state index in [-0.39, 0.29) is 23.8 Å². The van der Waals surface area contributed by atoms with Crippen molar-refractivity contribution in [2.45, 2.75) is 13.0 Å². The molecule has 2 aromatic carbocycles. The van der Waals surface area contributed by atoms with Gasteiger partial charge in [0.05, 0.1) is 28.4 Å². The first-order chi connectivity index (χ1) is 14.5. The second-order valence-electron chi connectivity index (χ2n) is 6.66. The predicted molar refractivity (Wildman–Crippen MR) is 108 cm³/mol. The van der Waals surface area contributed by atoms with Crippen molar-refractivity contribution in [1.82, 2.24) is 4.90 Å². The van der Waals surface area contributed by atoms with Crippen LogP contribution in [0, 0.1) is 0 Å². The van der Waals surface area contributed by atoms with Gasteiger partial charge in [-0.3, -0.25) is 4.79 Å². The van der Waals surface area contributed by atoms with E-state index >= 15 is 0 Å². The number of carbonyl (C=O) groups is 2. The average Bonchev–Trinajstić information content (AvgIpc) is 2.80. The summed E-state index contributed by atoms with van der Waals surface area (Å²) in [4.78, 5) is 26.8. The normalized spacial score (nSPS) is 12.6. The Morgan fingerprint density at radius 1 is 0.900 bits per heavy atom. The quantitative estimate of drug-likeness (QED) is 0.643. The summed E-state index contributed by atoms with van der Waals surface area (Å²) in [6, 6.07) is 8.70. The van der Waals surface area contributed by atoms with E-state index in [1.165, 1.54) is 14.2 Å². The topological polar surface area (TPSA) is 83.5 Å². The third-order valence-electron chi connectivity index (χ3n) is 5.02. The van der Waals surface area contributed by atoms with Crippen molar-refractivity contribution in [3.05, 3.63) is 47.0 Å². The minimum absolute atomic E-state index is 0.200. The zero-order valence-electron chi connectivity index (χ0n) is 17.5. The van der Waals surface area contributed by atoms with E-state index in [0.717, 1.165) is 11.1 Å². The second kappa shape index (κ2) is 9.39. The van der Waals surface area contributed by atoms with Crippen LogP contribution >= 0.6 is 0 Å². The van der Waals surface area contributed by atoms with Gasteiger partial charge in [-0.1, -0.05) is 6.07 Å². The number of para-hydroxylation sites is 1. The molecule has 1 aliphatic rings. The van der Waals surface area contributed by atoms with Gasteiger partial charge in [0, 0.05) is 13.1 Å². The molecule has 8 heteroatoms. The molecule has 0 fully saturated rings. The van der Waals surface area contributed by atoms with Crippen molar-refractivity contribution in [2.75, 3.05) is 41.6 Å². The third kappa shape index (κ3) is 4.27. The van der Waals surface area contributed by atoms with Crippen molar-refractivity contribution >= 4 is 11.9 Å². The van der Waals surface area contributed by atoms with Gasteiger partial charge < -0.3 is 28.6 Å². The van der Waals surface area contributed by atoms with Crippen molar-refractivity contribution < 1.29 is 33.3 Å². The number of benzene rings is 2. The SMILES string of the molecule is COc1cc2c(cc1OC)CN(C(=O)COC(=O)c1cccc(OC)c1OC)CC2. The number of hydrogen-bond acceptors (Lipinski definition) is 7. The Morgan fingerprint density at radius 2 is 1.57 bits per heavy atom. The van der Waals surface area contributed by atoms with E-state index in [1.54, 1.807) is 37.3 Å². The lowest BCUT2D eigenvalue weighted by atomic mass is 9.99. The molecular formula is C22H25NO7. The van der Waals surface area contributed by atoms with Crippen molar-refractivity contribution in [3.8, 4) is 23.0 Å². The van der Waals surface area contributed by atoms with Crippen LogP contribution in [-0.2, 0) is 22.5 Å². The molecule has 1 heterocycles. The van der Waals surface area contributed by atoms with Gasteiger partial charge in [0.15, 0.2) is 29.6 Å². The summed E-state index contributed by atoms with van der Waals surface area (Å²) < 4.78 is 26.4. The van der Waals surface area contributed by atoms with Gasteiger partial charge in [-0.2, -0.15) is 0 Å². The largest absolute Gasteiger partial charge is 0.493 e. The Labute approximate surface area is 175 Å². The van der Waals surface area contributed by atoms with Gasteiger partial charge in [0.2, 0.25) is 0 Å². The molecule has 0 atom stereocenters. The van der Waals surface area contributed by atoms with Crippen LogP contribution < -0.4 is 18.9 Å². The number of esters is 1. The van der Waals surface area contributed by atoms with Crippen LogP contribution in [0.4, 0.5) is 0 Å². The predicted octanol–water partition coefficient (Wildman–Crippen LogP) is 2.46. The number of methoxy groups -OCH3 is 4. The van der Waals surface area contributed by atoms with Gasteiger partial charge in [0.1, 0.15) is 5.56 Å². The van der Waals surface area contributed by atoms with Crippen molar-refractivity contribution in [2.24, 2.45) is 0 Å². The molecule has 0 radical (unpaired) electrons. The monoisotopic (exact) mass is 415 g/mol. The average molecular weight is 415 g/mol. The highest BCUT2D eigenvalue weighted by atomic mass is 16.5. The molecule has 0 aliphatic carbocycles. The summed E-state index contributed by atoms with van der Waals surface area (Å²) in [5, 5.41) is 0.